The average molecular weight is 380 g/mol. The summed E-state index contributed by atoms with van der Waals surface area (Å²) in [5.74, 6) is 0.622. The number of hydrogen-bond donors (Lipinski definition) is 2. The highest BCUT2D eigenvalue weighted by Crippen LogP contribution is 2.36. The van der Waals surface area contributed by atoms with Gasteiger partial charge in [0.1, 0.15) is 5.75 Å². The number of carbonyl (C=O) groups is 1. The standard InChI is InChI=1S/C22H28N4O2/c27-21-19-6-2-3-7-20(19)28-13-5-1-4-8-22(16-24-21)9-11-26(12-10-22)15-18-14-23-17-25-18/h1-4,6-7,14,17H,5,8-13,15-16H2,(H,23,25)(H,24,27)/b4-1+. The zero-order chi connectivity index (χ0) is 19.2. The normalized spacial score (nSPS) is 21.6. The van der Waals surface area contributed by atoms with Crippen molar-refractivity contribution in [1.82, 2.24) is 20.2 Å². The van der Waals surface area contributed by atoms with Gasteiger partial charge in [0.05, 0.1) is 18.5 Å². The first kappa shape index (κ1) is 18.7. The SMILES string of the molecule is O=C1NCC2(C/C=C/CCOc3ccccc31)CCN(Cc1cnc[nH]1)CC2. The highest BCUT2D eigenvalue weighted by atomic mass is 16.5. The zero-order valence-corrected chi connectivity index (χ0v) is 16.2. The molecule has 2 aliphatic heterocycles. The molecule has 0 radical (unpaired) electrons. The van der Waals surface area contributed by atoms with Gasteiger partial charge in [-0.1, -0.05) is 24.3 Å². The highest BCUT2D eigenvalue weighted by Gasteiger charge is 2.34. The molecule has 6 nitrogen and oxygen atoms in total. The second kappa shape index (κ2) is 8.61. The maximum Gasteiger partial charge on any atom is 0.255 e. The topological polar surface area (TPSA) is 70.2 Å². The van der Waals surface area contributed by atoms with Crippen LogP contribution in [0.25, 0.3) is 0 Å². The van der Waals surface area contributed by atoms with Crippen LogP contribution in [0.4, 0.5) is 0 Å². The van der Waals surface area contributed by atoms with Gasteiger partial charge >= 0.3 is 0 Å². The number of H-pyrrole nitrogens is 1. The van der Waals surface area contributed by atoms with Crippen molar-refractivity contribution >= 4 is 5.91 Å². The van der Waals surface area contributed by atoms with Gasteiger partial charge in [-0.15, -0.1) is 0 Å². The molecule has 28 heavy (non-hydrogen) atoms. The predicted octanol–water partition coefficient (Wildman–Crippen LogP) is 3.15. The van der Waals surface area contributed by atoms with E-state index in [1.807, 2.05) is 30.5 Å². The van der Waals surface area contributed by atoms with Gasteiger partial charge in [0.15, 0.2) is 0 Å². The Morgan fingerprint density at radius 2 is 2.04 bits per heavy atom. The molecule has 1 amide bonds. The van der Waals surface area contributed by atoms with E-state index in [-0.39, 0.29) is 11.3 Å². The van der Waals surface area contributed by atoms with Gasteiger partial charge in [-0.25, -0.2) is 4.98 Å². The Labute approximate surface area is 166 Å². The largest absolute Gasteiger partial charge is 0.492 e. The number of amides is 1. The molecule has 2 aromatic rings. The number of aromatic nitrogens is 2. The fraction of sp³-hybridized carbons (Fsp3) is 0.455. The van der Waals surface area contributed by atoms with Crippen molar-refractivity contribution in [3.63, 3.8) is 0 Å². The minimum atomic E-state index is -0.0422. The Bertz CT molecular complexity index is 808. The molecule has 1 aromatic carbocycles. The summed E-state index contributed by atoms with van der Waals surface area (Å²) in [5.41, 5.74) is 1.89. The van der Waals surface area contributed by atoms with E-state index < -0.39 is 0 Å². The fourth-order valence-corrected chi connectivity index (χ4v) is 4.08. The van der Waals surface area contributed by atoms with E-state index in [2.05, 4.69) is 32.3 Å². The van der Waals surface area contributed by atoms with Gasteiger partial charge in [-0.3, -0.25) is 9.69 Å². The molecule has 2 N–H and O–H groups in total. The van der Waals surface area contributed by atoms with Crippen LogP contribution in [0.15, 0.2) is 48.9 Å². The quantitative estimate of drug-likeness (QED) is 0.786. The Kier molecular flexibility index (Phi) is 5.76. The first-order valence-electron chi connectivity index (χ1n) is 10.1. The van der Waals surface area contributed by atoms with Crippen LogP contribution in [-0.4, -0.2) is 47.0 Å². The summed E-state index contributed by atoms with van der Waals surface area (Å²) >= 11 is 0. The summed E-state index contributed by atoms with van der Waals surface area (Å²) in [6, 6.07) is 7.50. The maximum atomic E-state index is 12.8. The van der Waals surface area contributed by atoms with Gasteiger partial charge in [0.25, 0.3) is 5.91 Å². The van der Waals surface area contributed by atoms with E-state index in [1.165, 1.54) is 0 Å². The number of likely N-dealkylation sites (tertiary alicyclic amines) is 1. The lowest BCUT2D eigenvalue weighted by molar-refractivity contribution is 0.0808. The molecule has 6 heteroatoms. The minimum Gasteiger partial charge on any atom is -0.492 e. The Morgan fingerprint density at radius 1 is 1.18 bits per heavy atom. The van der Waals surface area contributed by atoms with Crippen LogP contribution < -0.4 is 10.1 Å². The van der Waals surface area contributed by atoms with E-state index in [0.29, 0.717) is 24.5 Å². The van der Waals surface area contributed by atoms with Gasteiger partial charge in [-0.2, -0.15) is 0 Å². The van der Waals surface area contributed by atoms with Crippen LogP contribution in [0.2, 0.25) is 0 Å². The first-order chi connectivity index (χ1) is 13.7. The average Bonchev–Trinajstić information content (AvgIpc) is 3.23. The van der Waals surface area contributed by atoms with Crippen molar-refractivity contribution in [2.24, 2.45) is 5.41 Å². The number of fused-ring (bicyclic) bond motifs is 1. The number of nitrogens with zero attached hydrogens (tertiary/aromatic N) is 2. The van der Waals surface area contributed by atoms with Crippen molar-refractivity contribution in [3.05, 3.63) is 60.2 Å². The first-order valence-corrected chi connectivity index (χ1v) is 10.1. The molecule has 1 aromatic heterocycles. The number of allylic oxidation sites excluding steroid dienone is 1. The van der Waals surface area contributed by atoms with Crippen LogP contribution >= 0.6 is 0 Å². The fourth-order valence-electron chi connectivity index (χ4n) is 4.08. The summed E-state index contributed by atoms with van der Waals surface area (Å²) < 4.78 is 5.80. The summed E-state index contributed by atoms with van der Waals surface area (Å²) in [6.07, 6.45) is 12.1. The van der Waals surface area contributed by atoms with Crippen molar-refractivity contribution in [2.45, 2.75) is 32.2 Å². The number of nitrogens with one attached hydrogen (secondary N) is 2. The molecule has 4 rings (SSSR count). The third-order valence-corrected chi connectivity index (χ3v) is 5.88. The number of piperidine rings is 1. The zero-order valence-electron chi connectivity index (χ0n) is 16.2. The summed E-state index contributed by atoms with van der Waals surface area (Å²) in [4.78, 5) is 22.5. The smallest absolute Gasteiger partial charge is 0.255 e. The Balaban J connectivity index is 1.44. The highest BCUT2D eigenvalue weighted by molar-refractivity contribution is 5.96. The molecule has 1 saturated heterocycles. The van der Waals surface area contributed by atoms with Crippen LogP contribution in [-0.2, 0) is 6.54 Å². The molecule has 148 valence electrons. The number of imidazole rings is 1. The monoisotopic (exact) mass is 380 g/mol. The molecular formula is C22H28N4O2. The van der Waals surface area contributed by atoms with Crippen molar-refractivity contribution in [3.8, 4) is 5.75 Å². The minimum absolute atomic E-state index is 0.0422. The van der Waals surface area contributed by atoms with Crippen LogP contribution in [0.5, 0.6) is 5.75 Å². The van der Waals surface area contributed by atoms with E-state index in [0.717, 1.165) is 51.0 Å². The number of carbonyl (C=O) groups excluding carboxylic acids is 1. The number of aromatic amines is 1. The molecule has 0 saturated carbocycles. The molecule has 0 aliphatic carbocycles. The van der Waals surface area contributed by atoms with Crippen molar-refractivity contribution in [2.75, 3.05) is 26.2 Å². The number of benzene rings is 1. The number of para-hydroxylation sites is 1. The Morgan fingerprint density at radius 3 is 2.86 bits per heavy atom. The molecule has 0 bridgehead atoms. The lowest BCUT2D eigenvalue weighted by Gasteiger charge is -2.41. The van der Waals surface area contributed by atoms with E-state index in [1.54, 1.807) is 6.33 Å². The Hall–Kier alpha value is -2.60. The van der Waals surface area contributed by atoms with Crippen molar-refractivity contribution < 1.29 is 9.53 Å². The molecule has 1 spiro atoms. The van der Waals surface area contributed by atoms with Gasteiger partial charge in [0, 0.05) is 25.0 Å². The molecule has 3 heterocycles. The molecular weight excluding hydrogens is 352 g/mol. The summed E-state index contributed by atoms with van der Waals surface area (Å²) in [5, 5.41) is 3.19. The van der Waals surface area contributed by atoms with Gasteiger partial charge in [0.2, 0.25) is 0 Å². The van der Waals surface area contributed by atoms with E-state index >= 15 is 0 Å². The van der Waals surface area contributed by atoms with E-state index in [4.69, 9.17) is 4.74 Å². The summed E-state index contributed by atoms with van der Waals surface area (Å²) in [7, 11) is 0. The van der Waals surface area contributed by atoms with Crippen LogP contribution in [0.3, 0.4) is 0 Å². The third-order valence-electron chi connectivity index (χ3n) is 5.88. The lowest BCUT2D eigenvalue weighted by Crippen LogP contribution is -2.46. The molecule has 2 aliphatic rings. The van der Waals surface area contributed by atoms with Crippen LogP contribution in [0, 0.1) is 5.41 Å². The molecule has 0 atom stereocenters. The summed E-state index contributed by atoms with van der Waals surface area (Å²) in [6.45, 7) is 4.25. The van der Waals surface area contributed by atoms with E-state index in [9.17, 15) is 4.79 Å². The van der Waals surface area contributed by atoms with Gasteiger partial charge in [-0.05, 0) is 56.3 Å². The van der Waals surface area contributed by atoms with Crippen LogP contribution in [0.1, 0.15) is 41.7 Å². The predicted molar refractivity (Wildman–Crippen MR) is 108 cm³/mol. The van der Waals surface area contributed by atoms with Gasteiger partial charge < -0.3 is 15.0 Å². The third kappa shape index (κ3) is 4.44. The maximum absolute atomic E-state index is 12.8. The molecule has 1 fully saturated rings. The molecule has 0 unspecified atom stereocenters. The number of rotatable bonds is 2. The number of hydrogen-bond acceptors (Lipinski definition) is 4. The van der Waals surface area contributed by atoms with Crippen molar-refractivity contribution in [1.29, 1.82) is 0 Å². The number of ether oxygens (including phenoxy) is 1. The lowest BCUT2D eigenvalue weighted by atomic mass is 9.75. The second-order valence-corrected chi connectivity index (χ2v) is 7.84. The second-order valence-electron chi connectivity index (χ2n) is 7.84.